The Morgan fingerprint density at radius 3 is 2.43 bits per heavy atom. The molecule has 1 aromatic heterocycles. The summed E-state index contributed by atoms with van der Waals surface area (Å²) >= 11 is 0. The van der Waals surface area contributed by atoms with E-state index in [2.05, 4.69) is 4.98 Å². The molecule has 2 aromatic rings. The number of likely N-dealkylation sites (N-methyl/N-ethyl adjacent to an activating group) is 1. The van der Waals surface area contributed by atoms with Crippen molar-refractivity contribution < 1.29 is 4.79 Å². The third-order valence-corrected chi connectivity index (χ3v) is 3.54. The van der Waals surface area contributed by atoms with Crippen LogP contribution in [0.2, 0.25) is 0 Å². The van der Waals surface area contributed by atoms with E-state index in [4.69, 9.17) is 5.73 Å². The van der Waals surface area contributed by atoms with Crippen LogP contribution in [0.25, 0.3) is 0 Å². The van der Waals surface area contributed by atoms with Crippen molar-refractivity contribution in [2.24, 2.45) is 5.73 Å². The number of carbonyl (C=O) groups excluding carboxylic acids is 1. The van der Waals surface area contributed by atoms with E-state index in [-0.39, 0.29) is 5.91 Å². The molecule has 4 nitrogen and oxygen atoms in total. The highest BCUT2D eigenvalue weighted by atomic mass is 16.2. The molecule has 0 saturated heterocycles. The van der Waals surface area contributed by atoms with E-state index < -0.39 is 0 Å². The van der Waals surface area contributed by atoms with Crippen molar-refractivity contribution in [1.29, 1.82) is 0 Å². The average Bonchev–Trinajstić information content (AvgIpc) is 2.54. The molecule has 0 aliphatic rings. The second-order valence-corrected chi connectivity index (χ2v) is 4.91. The van der Waals surface area contributed by atoms with Gasteiger partial charge in [0.05, 0.1) is 6.42 Å². The summed E-state index contributed by atoms with van der Waals surface area (Å²) in [4.78, 5) is 18.3. The summed E-state index contributed by atoms with van der Waals surface area (Å²) in [6, 6.07) is 11.7. The van der Waals surface area contributed by atoms with Gasteiger partial charge in [-0.1, -0.05) is 24.3 Å². The van der Waals surface area contributed by atoms with Gasteiger partial charge in [0.2, 0.25) is 5.91 Å². The SMILES string of the molecule is CCN(Cc1ccncc1)C(=O)Cc1ccccc1CN. The number of amides is 1. The number of nitrogens with two attached hydrogens (primary N) is 1. The highest BCUT2D eigenvalue weighted by molar-refractivity contribution is 5.79. The van der Waals surface area contributed by atoms with Gasteiger partial charge in [0.1, 0.15) is 0 Å². The summed E-state index contributed by atoms with van der Waals surface area (Å²) in [5.74, 6) is 0.121. The Bertz CT molecular complexity index is 584. The number of hydrogen-bond donors (Lipinski definition) is 1. The molecule has 0 spiro atoms. The first-order valence-electron chi connectivity index (χ1n) is 7.18. The maximum Gasteiger partial charge on any atom is 0.227 e. The minimum atomic E-state index is 0.121. The molecule has 0 saturated carbocycles. The molecule has 0 atom stereocenters. The zero-order valence-corrected chi connectivity index (χ0v) is 12.3. The molecule has 2 N–H and O–H groups in total. The lowest BCUT2D eigenvalue weighted by atomic mass is 10.0. The van der Waals surface area contributed by atoms with Gasteiger partial charge in [-0.3, -0.25) is 9.78 Å². The second-order valence-electron chi connectivity index (χ2n) is 4.91. The molecule has 110 valence electrons. The maximum atomic E-state index is 12.5. The number of nitrogens with zero attached hydrogens (tertiary/aromatic N) is 2. The van der Waals surface area contributed by atoms with Crippen molar-refractivity contribution in [3.8, 4) is 0 Å². The first kappa shape index (κ1) is 15.2. The number of benzene rings is 1. The molecule has 21 heavy (non-hydrogen) atoms. The molecular formula is C17H21N3O. The molecule has 0 radical (unpaired) electrons. The highest BCUT2D eigenvalue weighted by Gasteiger charge is 2.14. The standard InChI is InChI=1S/C17H21N3O/c1-2-20(13-14-7-9-19-10-8-14)17(21)11-15-5-3-4-6-16(15)12-18/h3-10H,2,11-13,18H2,1H3. The zero-order chi connectivity index (χ0) is 15.1. The Kier molecular flexibility index (Phi) is 5.46. The van der Waals surface area contributed by atoms with Crippen molar-refractivity contribution in [1.82, 2.24) is 9.88 Å². The third-order valence-electron chi connectivity index (χ3n) is 3.54. The van der Waals surface area contributed by atoms with Gasteiger partial charge in [-0.15, -0.1) is 0 Å². The Hall–Kier alpha value is -2.20. The smallest absolute Gasteiger partial charge is 0.227 e. The summed E-state index contributed by atoms with van der Waals surface area (Å²) in [5, 5.41) is 0. The molecule has 0 fully saturated rings. The molecule has 0 aliphatic carbocycles. The molecule has 0 bridgehead atoms. The predicted octanol–water partition coefficient (Wildman–Crippen LogP) is 2.13. The summed E-state index contributed by atoms with van der Waals surface area (Å²) in [6.07, 6.45) is 3.89. The van der Waals surface area contributed by atoms with Gasteiger partial charge in [-0.25, -0.2) is 0 Å². The lowest BCUT2D eigenvalue weighted by Gasteiger charge is -2.21. The summed E-state index contributed by atoms with van der Waals surface area (Å²) in [6.45, 7) is 3.75. The Morgan fingerprint density at radius 2 is 1.81 bits per heavy atom. The van der Waals surface area contributed by atoms with Crippen LogP contribution >= 0.6 is 0 Å². The van der Waals surface area contributed by atoms with Gasteiger partial charge in [0.15, 0.2) is 0 Å². The Labute approximate surface area is 125 Å². The number of pyridine rings is 1. The zero-order valence-electron chi connectivity index (χ0n) is 12.3. The van der Waals surface area contributed by atoms with E-state index in [1.54, 1.807) is 12.4 Å². The summed E-state index contributed by atoms with van der Waals surface area (Å²) in [7, 11) is 0. The van der Waals surface area contributed by atoms with Crippen LogP contribution in [0.5, 0.6) is 0 Å². The van der Waals surface area contributed by atoms with Crippen molar-refractivity contribution in [3.05, 3.63) is 65.5 Å². The van der Waals surface area contributed by atoms with E-state index in [1.165, 1.54) is 0 Å². The van der Waals surface area contributed by atoms with Gasteiger partial charge < -0.3 is 10.6 Å². The number of hydrogen-bond acceptors (Lipinski definition) is 3. The van der Waals surface area contributed by atoms with E-state index in [0.29, 0.717) is 26.1 Å². The van der Waals surface area contributed by atoms with Gasteiger partial charge in [-0.2, -0.15) is 0 Å². The number of aromatic nitrogens is 1. The van der Waals surface area contributed by atoms with Crippen LogP contribution in [0.15, 0.2) is 48.8 Å². The van der Waals surface area contributed by atoms with Crippen LogP contribution in [0, 0.1) is 0 Å². The van der Waals surface area contributed by atoms with E-state index in [0.717, 1.165) is 16.7 Å². The Balaban J connectivity index is 2.06. The molecule has 4 heteroatoms. The fraction of sp³-hybridized carbons (Fsp3) is 0.294. The molecule has 2 rings (SSSR count). The normalized spacial score (nSPS) is 10.4. The van der Waals surface area contributed by atoms with E-state index in [1.807, 2.05) is 48.2 Å². The van der Waals surface area contributed by atoms with Crippen LogP contribution in [0.3, 0.4) is 0 Å². The molecule has 1 aromatic carbocycles. The van der Waals surface area contributed by atoms with Gasteiger partial charge in [0, 0.05) is 32.0 Å². The van der Waals surface area contributed by atoms with E-state index >= 15 is 0 Å². The van der Waals surface area contributed by atoms with Crippen LogP contribution < -0.4 is 5.73 Å². The Morgan fingerprint density at radius 1 is 1.14 bits per heavy atom. The van der Waals surface area contributed by atoms with Gasteiger partial charge >= 0.3 is 0 Å². The van der Waals surface area contributed by atoms with Crippen LogP contribution in [0.1, 0.15) is 23.6 Å². The number of rotatable bonds is 6. The molecule has 0 aliphatic heterocycles. The second kappa shape index (κ2) is 7.55. The minimum Gasteiger partial charge on any atom is -0.338 e. The minimum absolute atomic E-state index is 0.121. The summed E-state index contributed by atoms with van der Waals surface area (Å²) < 4.78 is 0. The van der Waals surface area contributed by atoms with Crippen molar-refractivity contribution in [2.45, 2.75) is 26.4 Å². The van der Waals surface area contributed by atoms with E-state index in [9.17, 15) is 4.79 Å². The largest absolute Gasteiger partial charge is 0.338 e. The summed E-state index contributed by atoms with van der Waals surface area (Å²) in [5.41, 5.74) is 8.86. The van der Waals surface area contributed by atoms with Crippen LogP contribution in [-0.4, -0.2) is 22.3 Å². The van der Waals surface area contributed by atoms with Crippen molar-refractivity contribution >= 4 is 5.91 Å². The first-order valence-corrected chi connectivity index (χ1v) is 7.18. The highest BCUT2D eigenvalue weighted by Crippen LogP contribution is 2.12. The predicted molar refractivity (Wildman–Crippen MR) is 83.4 cm³/mol. The van der Waals surface area contributed by atoms with Crippen molar-refractivity contribution in [3.63, 3.8) is 0 Å². The van der Waals surface area contributed by atoms with Crippen LogP contribution in [-0.2, 0) is 24.3 Å². The lowest BCUT2D eigenvalue weighted by Crippen LogP contribution is -2.32. The van der Waals surface area contributed by atoms with Crippen LogP contribution in [0.4, 0.5) is 0 Å². The quantitative estimate of drug-likeness (QED) is 0.883. The third kappa shape index (κ3) is 4.13. The fourth-order valence-electron chi connectivity index (χ4n) is 2.29. The fourth-order valence-corrected chi connectivity index (χ4v) is 2.29. The van der Waals surface area contributed by atoms with Crippen molar-refractivity contribution in [2.75, 3.05) is 6.54 Å². The molecule has 0 unspecified atom stereocenters. The lowest BCUT2D eigenvalue weighted by molar-refractivity contribution is -0.130. The molecule has 1 heterocycles. The average molecular weight is 283 g/mol. The molecular weight excluding hydrogens is 262 g/mol. The number of carbonyl (C=O) groups is 1. The topological polar surface area (TPSA) is 59.2 Å². The molecule has 1 amide bonds. The van der Waals surface area contributed by atoms with Gasteiger partial charge in [-0.05, 0) is 35.7 Å². The van der Waals surface area contributed by atoms with Gasteiger partial charge in [0.25, 0.3) is 0 Å². The monoisotopic (exact) mass is 283 g/mol. The maximum absolute atomic E-state index is 12.5. The first-order chi connectivity index (χ1) is 10.2.